The average Bonchev–Trinajstić information content (AvgIpc) is 3.32. The van der Waals surface area contributed by atoms with E-state index >= 15 is 0 Å². The summed E-state index contributed by atoms with van der Waals surface area (Å²) in [5.74, 6) is 0.820. The number of furan rings is 1. The van der Waals surface area contributed by atoms with Gasteiger partial charge in [-0.25, -0.2) is 9.37 Å². The van der Waals surface area contributed by atoms with Gasteiger partial charge in [-0.1, -0.05) is 12.1 Å². The minimum atomic E-state index is -0.499. The van der Waals surface area contributed by atoms with Crippen LogP contribution in [-0.2, 0) is 18.3 Å². The molecular weight excluding hydrogens is 373 g/mol. The zero-order chi connectivity index (χ0) is 20.4. The lowest BCUT2D eigenvalue weighted by atomic mass is 10.0. The van der Waals surface area contributed by atoms with Gasteiger partial charge in [-0.15, -0.1) is 0 Å². The van der Waals surface area contributed by atoms with Gasteiger partial charge in [0.15, 0.2) is 0 Å². The van der Waals surface area contributed by atoms with Crippen molar-refractivity contribution in [3.63, 3.8) is 0 Å². The molecule has 0 radical (unpaired) electrons. The van der Waals surface area contributed by atoms with Crippen LogP contribution in [0, 0.1) is 5.82 Å². The Labute approximate surface area is 166 Å². The Kier molecular flexibility index (Phi) is 5.03. The van der Waals surface area contributed by atoms with Crippen LogP contribution >= 0.6 is 0 Å². The van der Waals surface area contributed by atoms with Gasteiger partial charge in [0.2, 0.25) is 5.91 Å². The third kappa shape index (κ3) is 3.85. The molecule has 0 aliphatic rings. The molecule has 1 amide bonds. The number of aryl methyl sites for hydroxylation is 1. The second-order valence-corrected chi connectivity index (χ2v) is 6.75. The third-order valence-corrected chi connectivity index (χ3v) is 4.84. The van der Waals surface area contributed by atoms with Crippen molar-refractivity contribution in [3.05, 3.63) is 83.9 Å². The second-order valence-electron chi connectivity index (χ2n) is 6.75. The fourth-order valence-corrected chi connectivity index (χ4v) is 3.32. The first-order chi connectivity index (χ1) is 14.0. The monoisotopic (exact) mass is 393 g/mol. The maximum Gasteiger partial charge on any atom is 0.225 e. The first-order valence-corrected chi connectivity index (χ1v) is 9.11. The number of amides is 1. The molecule has 6 nitrogen and oxygen atoms in total. The SMILES string of the molecule is COc1ccc2c(CC(=O)N[C@@H](c3ccc(F)cc3)c3nccn3C)coc2c1. The van der Waals surface area contributed by atoms with Gasteiger partial charge in [0.05, 0.1) is 19.8 Å². The molecule has 1 atom stereocenters. The predicted octanol–water partition coefficient (Wildman–Crippen LogP) is 3.76. The van der Waals surface area contributed by atoms with Gasteiger partial charge < -0.3 is 19.0 Å². The Hall–Kier alpha value is -3.61. The van der Waals surface area contributed by atoms with Crippen LogP contribution in [0.1, 0.15) is 23.0 Å². The van der Waals surface area contributed by atoms with Gasteiger partial charge in [-0.05, 0) is 29.8 Å². The van der Waals surface area contributed by atoms with Crippen LogP contribution in [0.15, 0.2) is 65.5 Å². The van der Waals surface area contributed by atoms with Crippen molar-refractivity contribution >= 4 is 16.9 Å². The zero-order valence-electron chi connectivity index (χ0n) is 16.1. The molecule has 0 fully saturated rings. The number of benzene rings is 2. The fourth-order valence-electron chi connectivity index (χ4n) is 3.32. The van der Waals surface area contributed by atoms with Crippen LogP contribution in [-0.4, -0.2) is 22.6 Å². The van der Waals surface area contributed by atoms with Crippen LogP contribution in [0.25, 0.3) is 11.0 Å². The van der Waals surface area contributed by atoms with Crippen molar-refractivity contribution in [1.82, 2.24) is 14.9 Å². The molecule has 0 aliphatic heterocycles. The van der Waals surface area contributed by atoms with Gasteiger partial charge in [0, 0.05) is 36.5 Å². The van der Waals surface area contributed by atoms with Crippen molar-refractivity contribution in [1.29, 1.82) is 0 Å². The second kappa shape index (κ2) is 7.79. The van der Waals surface area contributed by atoms with E-state index in [4.69, 9.17) is 9.15 Å². The molecule has 0 bridgehead atoms. The summed E-state index contributed by atoms with van der Waals surface area (Å²) in [5, 5.41) is 3.87. The number of aromatic nitrogens is 2. The maximum absolute atomic E-state index is 13.4. The van der Waals surface area contributed by atoms with Gasteiger partial charge in [0.1, 0.15) is 29.0 Å². The summed E-state index contributed by atoms with van der Waals surface area (Å²) in [4.78, 5) is 17.2. The van der Waals surface area contributed by atoms with Crippen LogP contribution in [0.3, 0.4) is 0 Å². The number of halogens is 1. The largest absolute Gasteiger partial charge is 0.497 e. The Morgan fingerprint density at radius 3 is 2.76 bits per heavy atom. The molecular formula is C22H20FN3O3. The maximum atomic E-state index is 13.4. The molecule has 7 heteroatoms. The van der Waals surface area contributed by atoms with E-state index in [1.165, 1.54) is 12.1 Å². The molecule has 0 unspecified atom stereocenters. The quantitative estimate of drug-likeness (QED) is 0.542. The molecule has 2 aromatic carbocycles. The molecule has 4 aromatic rings. The summed E-state index contributed by atoms with van der Waals surface area (Å²) < 4.78 is 26.0. The summed E-state index contributed by atoms with van der Waals surface area (Å²) in [6.45, 7) is 0. The summed E-state index contributed by atoms with van der Waals surface area (Å²) in [7, 11) is 3.44. The molecule has 2 aromatic heterocycles. The molecule has 29 heavy (non-hydrogen) atoms. The highest BCUT2D eigenvalue weighted by atomic mass is 19.1. The zero-order valence-corrected chi connectivity index (χ0v) is 16.1. The highest BCUT2D eigenvalue weighted by Gasteiger charge is 2.22. The number of carbonyl (C=O) groups excluding carboxylic acids is 1. The number of rotatable bonds is 6. The highest BCUT2D eigenvalue weighted by Crippen LogP contribution is 2.26. The molecule has 4 rings (SSSR count). The number of carbonyl (C=O) groups is 1. The van der Waals surface area contributed by atoms with E-state index in [0.717, 1.165) is 16.5 Å². The van der Waals surface area contributed by atoms with Crippen molar-refractivity contribution in [2.24, 2.45) is 7.05 Å². The van der Waals surface area contributed by atoms with Crippen molar-refractivity contribution in [3.8, 4) is 5.75 Å². The van der Waals surface area contributed by atoms with E-state index in [9.17, 15) is 9.18 Å². The summed E-state index contributed by atoms with van der Waals surface area (Å²) in [6.07, 6.45) is 5.18. The highest BCUT2D eigenvalue weighted by molar-refractivity contribution is 5.88. The third-order valence-electron chi connectivity index (χ3n) is 4.84. The first kappa shape index (κ1) is 18.7. The molecule has 0 saturated heterocycles. The Balaban J connectivity index is 1.58. The normalized spacial score (nSPS) is 12.1. The van der Waals surface area contributed by atoms with Gasteiger partial charge in [0.25, 0.3) is 0 Å². The van der Waals surface area contributed by atoms with Crippen molar-refractivity contribution in [2.45, 2.75) is 12.5 Å². The van der Waals surface area contributed by atoms with Crippen LogP contribution < -0.4 is 10.1 Å². The van der Waals surface area contributed by atoms with E-state index in [1.54, 1.807) is 44.0 Å². The Morgan fingerprint density at radius 2 is 2.07 bits per heavy atom. The molecule has 0 spiro atoms. The number of nitrogens with zero attached hydrogens (tertiary/aromatic N) is 2. The molecule has 148 valence electrons. The minimum absolute atomic E-state index is 0.140. The lowest BCUT2D eigenvalue weighted by Gasteiger charge is -2.19. The lowest BCUT2D eigenvalue weighted by molar-refractivity contribution is -0.121. The molecule has 1 N–H and O–H groups in total. The first-order valence-electron chi connectivity index (χ1n) is 9.11. The fraction of sp³-hybridized carbons (Fsp3) is 0.182. The van der Waals surface area contributed by atoms with E-state index in [2.05, 4.69) is 10.3 Å². The Bertz CT molecular complexity index is 1150. The van der Waals surface area contributed by atoms with Gasteiger partial charge in [-0.3, -0.25) is 4.79 Å². The summed E-state index contributed by atoms with van der Waals surface area (Å²) in [6, 6.07) is 11.0. The molecule has 2 heterocycles. The number of imidazole rings is 1. The number of fused-ring (bicyclic) bond motifs is 1. The number of methoxy groups -OCH3 is 1. The average molecular weight is 393 g/mol. The van der Waals surface area contributed by atoms with E-state index in [-0.39, 0.29) is 18.1 Å². The minimum Gasteiger partial charge on any atom is -0.497 e. The lowest BCUT2D eigenvalue weighted by Crippen LogP contribution is -2.32. The predicted molar refractivity (Wildman–Crippen MR) is 106 cm³/mol. The topological polar surface area (TPSA) is 69.3 Å². The smallest absolute Gasteiger partial charge is 0.225 e. The molecule has 0 aliphatic carbocycles. The van der Waals surface area contributed by atoms with Gasteiger partial charge >= 0.3 is 0 Å². The number of nitrogens with one attached hydrogen (secondary N) is 1. The van der Waals surface area contributed by atoms with Crippen LogP contribution in [0.2, 0.25) is 0 Å². The number of hydrogen-bond donors (Lipinski definition) is 1. The van der Waals surface area contributed by atoms with Crippen molar-refractivity contribution in [2.75, 3.05) is 7.11 Å². The van der Waals surface area contributed by atoms with Crippen LogP contribution in [0.5, 0.6) is 5.75 Å². The van der Waals surface area contributed by atoms with Crippen molar-refractivity contribution < 1.29 is 18.3 Å². The number of ether oxygens (including phenoxy) is 1. The van der Waals surface area contributed by atoms with Crippen LogP contribution in [0.4, 0.5) is 4.39 Å². The standard InChI is InChI=1S/C22H20FN3O3/c1-26-10-9-24-22(26)21(14-3-5-16(23)6-4-14)25-20(27)11-15-13-29-19-12-17(28-2)7-8-18(15)19/h3-10,12-13,21H,11H2,1-2H3,(H,25,27)/t21-/m0/s1. The van der Waals surface area contributed by atoms with Gasteiger partial charge in [-0.2, -0.15) is 0 Å². The number of hydrogen-bond acceptors (Lipinski definition) is 4. The molecule has 0 saturated carbocycles. The summed E-state index contributed by atoms with van der Waals surface area (Å²) >= 11 is 0. The van der Waals surface area contributed by atoms with E-state index in [0.29, 0.717) is 17.2 Å². The summed E-state index contributed by atoms with van der Waals surface area (Å²) in [5.41, 5.74) is 2.18. The Morgan fingerprint density at radius 1 is 1.28 bits per heavy atom. The van der Waals surface area contributed by atoms with E-state index in [1.807, 2.05) is 23.7 Å². The van der Waals surface area contributed by atoms with E-state index < -0.39 is 6.04 Å².